The molecule has 0 saturated heterocycles. The summed E-state index contributed by atoms with van der Waals surface area (Å²) in [5.41, 5.74) is 2.12. The Hall–Kier alpha value is -1.38. The third-order valence-electron chi connectivity index (χ3n) is 3.21. The Morgan fingerprint density at radius 1 is 1.13 bits per heavy atom. The fourth-order valence-electron chi connectivity index (χ4n) is 2.10. The summed E-state index contributed by atoms with van der Waals surface area (Å²) < 4.78 is 5.31. The number of fused-ring (bicyclic) bond motifs is 1. The summed E-state index contributed by atoms with van der Waals surface area (Å²) in [4.78, 5) is 23.5. The SMILES string of the molecule is CC1=C2C(=O)OC(C)(C)C(C)=C2C(=O)C1. The van der Waals surface area contributed by atoms with Gasteiger partial charge in [0.1, 0.15) is 5.60 Å². The molecule has 1 heterocycles. The molecule has 0 fully saturated rings. The lowest BCUT2D eigenvalue weighted by Gasteiger charge is -2.32. The number of rotatable bonds is 0. The number of cyclic esters (lactones) is 1. The standard InChI is InChI=1S/C12H14O3/c1-6-5-8(13)10-7(2)12(3,4)15-11(14)9(6)10/h5H2,1-4H3. The minimum atomic E-state index is -0.657. The van der Waals surface area contributed by atoms with Gasteiger partial charge in [0.05, 0.1) is 5.57 Å². The quantitative estimate of drug-likeness (QED) is 0.569. The Kier molecular flexibility index (Phi) is 1.90. The van der Waals surface area contributed by atoms with Crippen molar-refractivity contribution >= 4 is 11.8 Å². The summed E-state index contributed by atoms with van der Waals surface area (Å²) in [6.45, 7) is 7.29. The number of hydrogen-bond acceptors (Lipinski definition) is 3. The van der Waals surface area contributed by atoms with Crippen LogP contribution in [0.2, 0.25) is 0 Å². The van der Waals surface area contributed by atoms with Crippen LogP contribution in [-0.2, 0) is 14.3 Å². The van der Waals surface area contributed by atoms with E-state index in [0.717, 1.165) is 11.1 Å². The van der Waals surface area contributed by atoms with Gasteiger partial charge in [-0.15, -0.1) is 0 Å². The van der Waals surface area contributed by atoms with Gasteiger partial charge in [-0.05, 0) is 33.3 Å². The number of ether oxygens (including phenoxy) is 1. The van der Waals surface area contributed by atoms with E-state index in [1.807, 2.05) is 27.7 Å². The van der Waals surface area contributed by atoms with Crippen LogP contribution in [0.15, 0.2) is 22.3 Å². The molecule has 1 aliphatic carbocycles. The van der Waals surface area contributed by atoms with Crippen LogP contribution in [0.5, 0.6) is 0 Å². The van der Waals surface area contributed by atoms with Crippen LogP contribution < -0.4 is 0 Å². The normalized spacial score (nSPS) is 24.5. The van der Waals surface area contributed by atoms with E-state index >= 15 is 0 Å². The number of carbonyl (C=O) groups excluding carboxylic acids is 2. The zero-order chi connectivity index (χ0) is 11.4. The molecule has 0 amide bonds. The molecule has 0 radical (unpaired) electrons. The summed E-state index contributed by atoms with van der Waals surface area (Å²) in [5.74, 6) is -0.311. The molecule has 0 spiro atoms. The molecule has 80 valence electrons. The molecular weight excluding hydrogens is 192 g/mol. The number of Topliss-reactive ketones (excluding diaryl/α,β-unsaturated/α-hetero) is 1. The molecule has 3 heteroatoms. The van der Waals surface area contributed by atoms with Gasteiger partial charge in [0, 0.05) is 12.0 Å². The molecule has 0 unspecified atom stereocenters. The second-order valence-electron chi connectivity index (χ2n) is 4.66. The first-order chi connectivity index (χ1) is 6.84. The monoisotopic (exact) mass is 206 g/mol. The highest BCUT2D eigenvalue weighted by Crippen LogP contribution is 2.40. The van der Waals surface area contributed by atoms with Gasteiger partial charge in [0.15, 0.2) is 5.78 Å². The van der Waals surface area contributed by atoms with E-state index in [9.17, 15) is 9.59 Å². The van der Waals surface area contributed by atoms with Crippen molar-refractivity contribution in [2.24, 2.45) is 0 Å². The van der Waals surface area contributed by atoms with Gasteiger partial charge in [0.2, 0.25) is 0 Å². The average Bonchev–Trinajstić information content (AvgIpc) is 2.37. The molecule has 0 aromatic rings. The van der Waals surface area contributed by atoms with Crippen molar-refractivity contribution in [2.75, 3.05) is 0 Å². The van der Waals surface area contributed by atoms with Crippen LogP contribution in [0, 0.1) is 0 Å². The maximum absolute atomic E-state index is 11.8. The van der Waals surface area contributed by atoms with E-state index in [1.54, 1.807) is 0 Å². The molecule has 0 aromatic heterocycles. The van der Waals surface area contributed by atoms with Crippen molar-refractivity contribution in [3.63, 3.8) is 0 Å². The first kappa shape index (κ1) is 10.1. The van der Waals surface area contributed by atoms with Crippen LogP contribution >= 0.6 is 0 Å². The van der Waals surface area contributed by atoms with Crippen LogP contribution in [0.25, 0.3) is 0 Å². The molecule has 2 aliphatic rings. The Morgan fingerprint density at radius 3 is 2.33 bits per heavy atom. The largest absolute Gasteiger partial charge is 0.451 e. The summed E-state index contributed by atoms with van der Waals surface area (Å²) in [5, 5.41) is 0. The lowest BCUT2D eigenvalue weighted by atomic mass is 9.87. The van der Waals surface area contributed by atoms with Crippen LogP contribution in [0.4, 0.5) is 0 Å². The van der Waals surface area contributed by atoms with E-state index in [2.05, 4.69) is 0 Å². The third kappa shape index (κ3) is 1.26. The van der Waals surface area contributed by atoms with Crippen LogP contribution in [0.1, 0.15) is 34.1 Å². The van der Waals surface area contributed by atoms with Gasteiger partial charge >= 0.3 is 5.97 Å². The highest BCUT2D eigenvalue weighted by atomic mass is 16.6. The first-order valence-electron chi connectivity index (χ1n) is 5.02. The maximum Gasteiger partial charge on any atom is 0.339 e. The fraction of sp³-hybridized carbons (Fsp3) is 0.500. The van der Waals surface area contributed by atoms with E-state index in [0.29, 0.717) is 17.6 Å². The minimum Gasteiger partial charge on any atom is -0.451 e. The Balaban J connectivity index is 2.70. The average molecular weight is 206 g/mol. The number of hydrogen-bond donors (Lipinski definition) is 0. The van der Waals surface area contributed by atoms with Gasteiger partial charge < -0.3 is 4.74 Å². The highest BCUT2D eigenvalue weighted by molar-refractivity contribution is 6.16. The van der Waals surface area contributed by atoms with Crippen molar-refractivity contribution in [3.05, 3.63) is 22.3 Å². The molecule has 2 rings (SSSR count). The molecule has 0 saturated carbocycles. The lowest BCUT2D eigenvalue weighted by Crippen LogP contribution is -2.36. The first-order valence-corrected chi connectivity index (χ1v) is 5.02. The Labute approximate surface area is 88.8 Å². The molecule has 0 N–H and O–H groups in total. The molecule has 0 bridgehead atoms. The second kappa shape index (κ2) is 2.81. The van der Waals surface area contributed by atoms with E-state index in [4.69, 9.17) is 4.74 Å². The van der Waals surface area contributed by atoms with Gasteiger partial charge in [0.25, 0.3) is 0 Å². The van der Waals surface area contributed by atoms with Gasteiger partial charge in [-0.1, -0.05) is 5.57 Å². The van der Waals surface area contributed by atoms with Crippen molar-refractivity contribution < 1.29 is 14.3 Å². The van der Waals surface area contributed by atoms with Crippen molar-refractivity contribution in [1.29, 1.82) is 0 Å². The minimum absolute atomic E-state index is 0.0460. The molecule has 1 aliphatic heterocycles. The van der Waals surface area contributed by atoms with Gasteiger partial charge in [-0.3, -0.25) is 4.79 Å². The van der Waals surface area contributed by atoms with E-state index < -0.39 is 5.60 Å². The molecular formula is C12H14O3. The predicted octanol–water partition coefficient (Wildman–Crippen LogP) is 1.93. The predicted molar refractivity (Wildman–Crippen MR) is 55.2 cm³/mol. The van der Waals surface area contributed by atoms with Crippen LogP contribution in [-0.4, -0.2) is 17.4 Å². The maximum atomic E-state index is 11.8. The van der Waals surface area contributed by atoms with Crippen LogP contribution in [0.3, 0.4) is 0 Å². The zero-order valence-electron chi connectivity index (χ0n) is 9.43. The second-order valence-corrected chi connectivity index (χ2v) is 4.66. The zero-order valence-corrected chi connectivity index (χ0v) is 9.43. The van der Waals surface area contributed by atoms with Crippen molar-refractivity contribution in [3.8, 4) is 0 Å². The van der Waals surface area contributed by atoms with Gasteiger partial charge in [-0.25, -0.2) is 4.79 Å². The molecule has 0 atom stereocenters. The summed E-state index contributed by atoms with van der Waals surface area (Å²) in [6.07, 6.45) is 0.354. The Morgan fingerprint density at radius 2 is 1.73 bits per heavy atom. The fourth-order valence-corrected chi connectivity index (χ4v) is 2.10. The van der Waals surface area contributed by atoms with E-state index in [1.165, 1.54) is 0 Å². The highest BCUT2D eigenvalue weighted by Gasteiger charge is 2.42. The summed E-state index contributed by atoms with van der Waals surface area (Å²) in [6, 6.07) is 0. The molecule has 3 nitrogen and oxygen atoms in total. The number of allylic oxidation sites excluding steroid dienone is 1. The van der Waals surface area contributed by atoms with Crippen molar-refractivity contribution in [1.82, 2.24) is 0 Å². The van der Waals surface area contributed by atoms with E-state index in [-0.39, 0.29) is 11.8 Å². The summed E-state index contributed by atoms with van der Waals surface area (Å²) >= 11 is 0. The number of ketones is 1. The summed E-state index contributed by atoms with van der Waals surface area (Å²) in [7, 11) is 0. The lowest BCUT2D eigenvalue weighted by molar-refractivity contribution is -0.149. The van der Waals surface area contributed by atoms with Crippen molar-refractivity contribution in [2.45, 2.75) is 39.7 Å². The number of esters is 1. The topological polar surface area (TPSA) is 43.4 Å². The number of carbonyl (C=O) groups is 2. The molecule has 0 aromatic carbocycles. The van der Waals surface area contributed by atoms with Gasteiger partial charge in [-0.2, -0.15) is 0 Å². The smallest absolute Gasteiger partial charge is 0.339 e. The third-order valence-corrected chi connectivity index (χ3v) is 3.21. The Bertz CT molecular complexity index is 436. The molecule has 15 heavy (non-hydrogen) atoms.